The number of fused-ring (bicyclic) bond motifs is 3. The second-order valence-electron chi connectivity index (χ2n) is 7.78. The molecule has 2 aromatic carbocycles. The van der Waals surface area contributed by atoms with Crippen LogP contribution in [0.15, 0.2) is 42.5 Å². The number of pyridine rings is 1. The van der Waals surface area contributed by atoms with Gasteiger partial charge in [-0.05, 0) is 41.8 Å². The molecule has 7 nitrogen and oxygen atoms in total. The number of nitrogens with zero attached hydrogens (tertiary/aromatic N) is 4. The predicted molar refractivity (Wildman–Crippen MR) is 124 cm³/mol. The number of amides is 1. The van der Waals surface area contributed by atoms with Crippen molar-refractivity contribution in [3.8, 4) is 12.1 Å². The summed E-state index contributed by atoms with van der Waals surface area (Å²) in [6.07, 6.45) is 0. The van der Waals surface area contributed by atoms with E-state index in [9.17, 15) is 15.3 Å². The SMILES string of the molecule is CC(C)c1ccc(NC(=O)n2c(=N)c(C#N)c(C#N)c3c4cc(Cl)ccc4n(C)c32)cc1. The number of aryl methyl sites for hydroxylation is 1. The average molecular weight is 443 g/mol. The van der Waals surface area contributed by atoms with E-state index in [1.165, 1.54) is 0 Å². The summed E-state index contributed by atoms with van der Waals surface area (Å²) >= 11 is 6.19. The van der Waals surface area contributed by atoms with E-state index in [-0.39, 0.29) is 16.6 Å². The van der Waals surface area contributed by atoms with Crippen LogP contribution in [-0.4, -0.2) is 15.2 Å². The molecule has 0 aliphatic carbocycles. The van der Waals surface area contributed by atoms with Gasteiger partial charge in [0.1, 0.15) is 23.3 Å². The van der Waals surface area contributed by atoms with Crippen LogP contribution in [0, 0.1) is 28.1 Å². The third kappa shape index (κ3) is 3.20. The molecule has 0 unspecified atom stereocenters. The first-order valence-corrected chi connectivity index (χ1v) is 10.3. The van der Waals surface area contributed by atoms with Gasteiger partial charge in [0, 0.05) is 28.5 Å². The summed E-state index contributed by atoms with van der Waals surface area (Å²) in [5, 5.41) is 32.4. The van der Waals surface area contributed by atoms with Gasteiger partial charge in [0.2, 0.25) is 0 Å². The lowest BCUT2D eigenvalue weighted by Crippen LogP contribution is -2.34. The first-order valence-electron chi connectivity index (χ1n) is 9.91. The zero-order chi connectivity index (χ0) is 23.2. The maximum absolute atomic E-state index is 13.3. The van der Waals surface area contributed by atoms with Crippen LogP contribution in [0.4, 0.5) is 10.5 Å². The van der Waals surface area contributed by atoms with Gasteiger partial charge in [-0.1, -0.05) is 37.6 Å². The van der Waals surface area contributed by atoms with Crippen LogP contribution in [0.1, 0.15) is 36.5 Å². The van der Waals surface area contributed by atoms with Gasteiger partial charge in [-0.15, -0.1) is 0 Å². The number of hydrogen-bond acceptors (Lipinski definition) is 4. The van der Waals surface area contributed by atoms with Gasteiger partial charge >= 0.3 is 6.03 Å². The maximum atomic E-state index is 13.3. The number of halogens is 1. The molecule has 2 heterocycles. The molecule has 0 spiro atoms. The average Bonchev–Trinajstić information content (AvgIpc) is 3.04. The Labute approximate surface area is 189 Å². The summed E-state index contributed by atoms with van der Waals surface area (Å²) in [6.45, 7) is 4.16. The van der Waals surface area contributed by atoms with Crippen LogP contribution in [0.25, 0.3) is 21.9 Å². The van der Waals surface area contributed by atoms with Gasteiger partial charge in [0.15, 0.2) is 5.49 Å². The van der Waals surface area contributed by atoms with Crippen molar-refractivity contribution >= 4 is 45.3 Å². The Hall–Kier alpha value is -4.07. The summed E-state index contributed by atoms with van der Waals surface area (Å²) in [5.74, 6) is 0.355. The van der Waals surface area contributed by atoms with E-state index in [0.29, 0.717) is 33.0 Å². The van der Waals surface area contributed by atoms with Crippen molar-refractivity contribution in [2.75, 3.05) is 5.32 Å². The standard InChI is InChI=1S/C24H19ClN6O/c1-13(2)14-4-7-16(8-5-14)29-24(32)31-22(28)19(12-27)18(11-26)21-17-10-15(25)6-9-20(17)30(3)23(21)31/h4-10,13,28H,1-3H3,(H,29,32). The lowest BCUT2D eigenvalue weighted by Gasteiger charge is -2.14. The first kappa shape index (κ1) is 21.2. The fourth-order valence-corrected chi connectivity index (χ4v) is 4.09. The second-order valence-corrected chi connectivity index (χ2v) is 8.22. The molecule has 0 aliphatic heterocycles. The van der Waals surface area contributed by atoms with E-state index < -0.39 is 6.03 Å². The fourth-order valence-electron chi connectivity index (χ4n) is 3.92. The number of hydrogen-bond donors (Lipinski definition) is 2. The number of benzene rings is 2. The van der Waals surface area contributed by atoms with Gasteiger partial charge in [-0.3, -0.25) is 5.41 Å². The van der Waals surface area contributed by atoms with E-state index in [1.54, 1.807) is 41.9 Å². The van der Waals surface area contributed by atoms with E-state index >= 15 is 0 Å². The Kier molecular flexibility index (Phi) is 5.22. The van der Waals surface area contributed by atoms with Gasteiger partial charge in [-0.2, -0.15) is 10.5 Å². The number of carbonyl (C=O) groups excluding carboxylic acids is 1. The van der Waals surface area contributed by atoms with Crippen molar-refractivity contribution < 1.29 is 4.79 Å². The Morgan fingerprint density at radius 1 is 1.09 bits per heavy atom. The molecule has 0 bridgehead atoms. The van der Waals surface area contributed by atoms with Gasteiger partial charge < -0.3 is 9.88 Å². The minimum Gasteiger partial charge on any atom is -0.329 e. The highest BCUT2D eigenvalue weighted by Crippen LogP contribution is 2.33. The predicted octanol–water partition coefficient (Wildman–Crippen LogP) is 5.21. The summed E-state index contributed by atoms with van der Waals surface area (Å²) in [5.41, 5.74) is 2.27. The molecular weight excluding hydrogens is 424 g/mol. The van der Waals surface area contributed by atoms with Crippen LogP contribution in [0.5, 0.6) is 0 Å². The van der Waals surface area contributed by atoms with Crippen LogP contribution < -0.4 is 10.8 Å². The highest BCUT2D eigenvalue weighted by Gasteiger charge is 2.24. The Bertz CT molecular complexity index is 1550. The second kappa shape index (κ2) is 7.88. The number of carbonyl (C=O) groups is 1. The van der Waals surface area contributed by atoms with Gasteiger partial charge in [0.05, 0.1) is 11.1 Å². The lowest BCUT2D eigenvalue weighted by molar-refractivity contribution is 0.253. The van der Waals surface area contributed by atoms with E-state index in [0.717, 1.165) is 15.6 Å². The quantitative estimate of drug-likeness (QED) is 0.444. The molecule has 0 aliphatic rings. The van der Waals surface area contributed by atoms with E-state index in [4.69, 9.17) is 17.0 Å². The molecule has 32 heavy (non-hydrogen) atoms. The first-order chi connectivity index (χ1) is 15.3. The topological polar surface area (TPSA) is 110 Å². The molecule has 0 fully saturated rings. The normalized spacial score (nSPS) is 11.0. The molecule has 8 heteroatoms. The molecule has 2 N–H and O–H groups in total. The maximum Gasteiger partial charge on any atom is 0.333 e. The van der Waals surface area contributed by atoms with Gasteiger partial charge in [-0.25, -0.2) is 9.36 Å². The van der Waals surface area contributed by atoms with E-state index in [2.05, 4.69) is 19.2 Å². The van der Waals surface area contributed by atoms with Crippen molar-refractivity contribution in [3.63, 3.8) is 0 Å². The summed E-state index contributed by atoms with van der Waals surface area (Å²) < 4.78 is 2.85. The van der Waals surface area contributed by atoms with Crippen molar-refractivity contribution in [2.45, 2.75) is 19.8 Å². The number of anilines is 1. The summed E-state index contributed by atoms with van der Waals surface area (Å²) in [6, 6.07) is 16.0. The van der Waals surface area contributed by atoms with Crippen LogP contribution in [0.3, 0.4) is 0 Å². The third-order valence-electron chi connectivity index (χ3n) is 5.56. The fraction of sp³-hybridized carbons (Fsp3) is 0.167. The molecule has 2 aromatic heterocycles. The number of aromatic nitrogens is 2. The molecule has 0 atom stereocenters. The minimum atomic E-state index is -0.602. The van der Waals surface area contributed by atoms with Crippen LogP contribution in [0.2, 0.25) is 5.02 Å². The van der Waals surface area contributed by atoms with Crippen LogP contribution in [-0.2, 0) is 7.05 Å². The summed E-state index contributed by atoms with van der Waals surface area (Å²) in [7, 11) is 1.74. The molecule has 0 radical (unpaired) electrons. The van der Waals surface area contributed by atoms with Gasteiger partial charge in [0.25, 0.3) is 0 Å². The minimum absolute atomic E-state index is 0.0469. The zero-order valence-corrected chi connectivity index (χ0v) is 18.4. The number of nitriles is 2. The van der Waals surface area contributed by atoms with Crippen molar-refractivity contribution in [1.29, 1.82) is 15.9 Å². The monoisotopic (exact) mass is 442 g/mol. The highest BCUT2D eigenvalue weighted by atomic mass is 35.5. The van der Waals surface area contributed by atoms with Crippen molar-refractivity contribution in [3.05, 3.63) is 69.7 Å². The number of rotatable bonds is 2. The zero-order valence-electron chi connectivity index (χ0n) is 17.7. The Morgan fingerprint density at radius 3 is 2.34 bits per heavy atom. The molecule has 1 amide bonds. The van der Waals surface area contributed by atoms with Crippen molar-refractivity contribution in [2.24, 2.45) is 7.05 Å². The molecular formula is C24H19ClN6O. The largest absolute Gasteiger partial charge is 0.333 e. The van der Waals surface area contributed by atoms with Crippen molar-refractivity contribution in [1.82, 2.24) is 9.13 Å². The third-order valence-corrected chi connectivity index (χ3v) is 5.79. The van der Waals surface area contributed by atoms with E-state index in [1.807, 2.05) is 24.3 Å². The smallest absolute Gasteiger partial charge is 0.329 e. The summed E-state index contributed by atoms with van der Waals surface area (Å²) in [4.78, 5) is 13.3. The molecule has 4 rings (SSSR count). The molecule has 4 aromatic rings. The lowest BCUT2D eigenvalue weighted by atomic mass is 10.0. The molecule has 158 valence electrons. The molecule has 0 saturated carbocycles. The number of nitrogens with one attached hydrogen (secondary N) is 2. The Morgan fingerprint density at radius 2 is 1.75 bits per heavy atom. The molecule has 0 saturated heterocycles. The Balaban J connectivity index is 2.01. The van der Waals surface area contributed by atoms with Crippen LogP contribution >= 0.6 is 11.6 Å². The highest BCUT2D eigenvalue weighted by molar-refractivity contribution is 6.32.